The molecule has 0 spiro atoms. The highest BCUT2D eigenvalue weighted by atomic mass is 16.5. The Morgan fingerprint density at radius 2 is 1.64 bits per heavy atom. The van der Waals surface area contributed by atoms with Crippen LogP contribution in [0.1, 0.15) is 0 Å². The van der Waals surface area contributed by atoms with Gasteiger partial charge in [0.25, 0.3) is 5.95 Å². The number of benzene rings is 2. The average molecular weight is 294 g/mol. The van der Waals surface area contributed by atoms with Gasteiger partial charge in [-0.2, -0.15) is 0 Å². The van der Waals surface area contributed by atoms with E-state index >= 15 is 0 Å². The molecule has 2 aromatic rings. The van der Waals surface area contributed by atoms with Gasteiger partial charge in [0, 0.05) is 11.6 Å². The second-order valence-corrected chi connectivity index (χ2v) is 4.95. The van der Waals surface area contributed by atoms with Gasteiger partial charge in [-0.1, -0.05) is 30.3 Å². The first-order valence-electron chi connectivity index (χ1n) is 6.61. The summed E-state index contributed by atoms with van der Waals surface area (Å²) < 4.78 is 11.1. The molecule has 0 radical (unpaired) electrons. The number of phenols is 1. The topological polar surface area (TPSA) is 83.8 Å². The molecule has 0 atom stereocenters. The maximum absolute atomic E-state index is 11.5. The van der Waals surface area contributed by atoms with Crippen LogP contribution < -0.4 is 5.43 Å². The Morgan fingerprint density at radius 3 is 2.41 bits per heavy atom. The molecular formula is C17H10O5. The summed E-state index contributed by atoms with van der Waals surface area (Å²) in [4.78, 5) is 11.5. The Morgan fingerprint density at radius 1 is 0.864 bits per heavy atom. The predicted octanol–water partition coefficient (Wildman–Crippen LogP) is 3.57. The summed E-state index contributed by atoms with van der Waals surface area (Å²) in [5.41, 5.74) is 1.84. The number of hydrogen-bond donors (Lipinski definition) is 2. The molecule has 1 aliphatic heterocycles. The SMILES string of the molecule is O=c1cc2oc3c(-c4ccccc4)c(O)oc3cc-2cc1O. The quantitative estimate of drug-likeness (QED) is 0.560. The van der Waals surface area contributed by atoms with Crippen molar-refractivity contribution in [2.24, 2.45) is 0 Å². The molecule has 1 aliphatic carbocycles. The summed E-state index contributed by atoms with van der Waals surface area (Å²) in [5.74, 6) is -0.304. The molecular weight excluding hydrogens is 284 g/mol. The van der Waals surface area contributed by atoms with Crippen molar-refractivity contribution in [3.8, 4) is 34.1 Å². The van der Waals surface area contributed by atoms with Gasteiger partial charge in [-0.25, -0.2) is 0 Å². The van der Waals surface area contributed by atoms with E-state index in [4.69, 9.17) is 8.83 Å². The van der Waals surface area contributed by atoms with Gasteiger partial charge in [-0.15, -0.1) is 0 Å². The summed E-state index contributed by atoms with van der Waals surface area (Å²) >= 11 is 0. The van der Waals surface area contributed by atoms with Crippen molar-refractivity contribution in [1.29, 1.82) is 0 Å². The van der Waals surface area contributed by atoms with Gasteiger partial charge in [0.1, 0.15) is 11.3 Å². The van der Waals surface area contributed by atoms with Crippen molar-refractivity contribution in [2.45, 2.75) is 0 Å². The Kier molecular flexibility index (Phi) is 2.50. The van der Waals surface area contributed by atoms with Crippen molar-refractivity contribution < 1.29 is 19.0 Å². The first kappa shape index (κ1) is 12.5. The van der Waals surface area contributed by atoms with Crippen LogP contribution in [-0.2, 0) is 0 Å². The average Bonchev–Trinajstić information content (AvgIpc) is 2.82. The summed E-state index contributed by atoms with van der Waals surface area (Å²) in [5, 5.41) is 19.6. The maximum Gasteiger partial charge on any atom is 0.294 e. The van der Waals surface area contributed by atoms with E-state index < -0.39 is 5.43 Å². The number of phenolic OH excluding ortho intramolecular Hbond substituents is 1. The molecule has 108 valence electrons. The zero-order chi connectivity index (χ0) is 15.3. The molecule has 0 saturated heterocycles. The van der Waals surface area contributed by atoms with Crippen LogP contribution in [0.5, 0.6) is 11.7 Å². The standard InChI is InChI=1S/C17H10O5/c18-11-6-10-7-14-16(21-13(10)8-12(11)19)15(17(20)22-14)9-4-2-1-3-5-9/h1-8,18,20H. The van der Waals surface area contributed by atoms with Crippen molar-refractivity contribution in [3.63, 3.8) is 0 Å². The lowest BCUT2D eigenvalue weighted by molar-refractivity contribution is 0.348. The van der Waals surface area contributed by atoms with Crippen molar-refractivity contribution in [3.05, 3.63) is 58.8 Å². The van der Waals surface area contributed by atoms with E-state index in [1.165, 1.54) is 12.1 Å². The minimum absolute atomic E-state index is 0.258. The molecule has 2 N–H and O–H groups in total. The van der Waals surface area contributed by atoms with Gasteiger partial charge in [-0.05, 0) is 17.7 Å². The lowest BCUT2D eigenvalue weighted by Crippen LogP contribution is -1.99. The van der Waals surface area contributed by atoms with Crippen LogP contribution in [0.25, 0.3) is 33.6 Å². The van der Waals surface area contributed by atoms with E-state index in [9.17, 15) is 15.0 Å². The van der Waals surface area contributed by atoms with Gasteiger partial charge in [-0.3, -0.25) is 4.79 Å². The summed E-state index contributed by atoms with van der Waals surface area (Å²) in [6.07, 6.45) is 0. The molecule has 0 amide bonds. The van der Waals surface area contributed by atoms with Crippen LogP contribution in [0, 0.1) is 0 Å². The fraction of sp³-hybridized carbons (Fsp3) is 0. The van der Waals surface area contributed by atoms with Crippen molar-refractivity contribution in [1.82, 2.24) is 0 Å². The molecule has 4 rings (SSSR count). The summed E-state index contributed by atoms with van der Waals surface area (Å²) in [7, 11) is 0. The van der Waals surface area contributed by atoms with Crippen molar-refractivity contribution >= 4 is 11.2 Å². The highest BCUT2D eigenvalue weighted by Crippen LogP contribution is 2.42. The Hall–Kier alpha value is -3.21. The third kappa shape index (κ3) is 1.76. The van der Waals surface area contributed by atoms with Gasteiger partial charge in [0.15, 0.2) is 16.9 Å². The Balaban J connectivity index is 2.10. The van der Waals surface area contributed by atoms with Gasteiger partial charge >= 0.3 is 0 Å². The molecule has 22 heavy (non-hydrogen) atoms. The van der Waals surface area contributed by atoms with E-state index in [2.05, 4.69) is 0 Å². The van der Waals surface area contributed by atoms with Crippen molar-refractivity contribution in [2.75, 3.05) is 0 Å². The number of hydrogen-bond acceptors (Lipinski definition) is 5. The van der Waals surface area contributed by atoms with Gasteiger partial charge in [0.2, 0.25) is 5.43 Å². The molecule has 1 aromatic heterocycles. The maximum atomic E-state index is 11.5. The minimum atomic E-state index is -0.524. The second kappa shape index (κ2) is 4.39. The third-order valence-corrected chi connectivity index (χ3v) is 3.52. The Bertz CT molecular complexity index is 1010. The normalized spacial score (nSPS) is 11.3. The molecule has 5 nitrogen and oxygen atoms in total. The highest BCUT2D eigenvalue weighted by molar-refractivity contribution is 5.94. The first-order chi connectivity index (χ1) is 10.6. The molecule has 0 fully saturated rings. The highest BCUT2D eigenvalue weighted by Gasteiger charge is 2.21. The largest absolute Gasteiger partial charge is 0.504 e. The lowest BCUT2D eigenvalue weighted by Gasteiger charge is -2.04. The van der Waals surface area contributed by atoms with E-state index in [0.29, 0.717) is 28.1 Å². The molecule has 0 bridgehead atoms. The van der Waals surface area contributed by atoms with Crippen LogP contribution in [0.15, 0.2) is 62.2 Å². The lowest BCUT2D eigenvalue weighted by atomic mass is 10.1. The van der Waals surface area contributed by atoms with E-state index in [-0.39, 0.29) is 11.7 Å². The van der Waals surface area contributed by atoms with E-state index in [0.717, 1.165) is 5.56 Å². The molecule has 1 aromatic carbocycles. The van der Waals surface area contributed by atoms with Crippen LogP contribution in [0.2, 0.25) is 0 Å². The number of rotatable bonds is 1. The summed E-state index contributed by atoms with van der Waals surface area (Å²) in [6, 6.07) is 13.3. The first-order valence-corrected chi connectivity index (χ1v) is 6.61. The monoisotopic (exact) mass is 294 g/mol. The van der Waals surface area contributed by atoms with Crippen LogP contribution in [0.4, 0.5) is 0 Å². The van der Waals surface area contributed by atoms with Crippen LogP contribution in [-0.4, -0.2) is 10.2 Å². The minimum Gasteiger partial charge on any atom is -0.504 e. The zero-order valence-electron chi connectivity index (χ0n) is 11.2. The molecule has 2 aliphatic rings. The zero-order valence-corrected chi connectivity index (χ0v) is 11.2. The van der Waals surface area contributed by atoms with Gasteiger partial charge < -0.3 is 19.0 Å². The Labute approximate surface area is 124 Å². The van der Waals surface area contributed by atoms with Crippen LogP contribution >= 0.6 is 0 Å². The smallest absolute Gasteiger partial charge is 0.294 e. The molecule has 5 heteroatoms. The fourth-order valence-electron chi connectivity index (χ4n) is 2.50. The molecule has 2 heterocycles. The van der Waals surface area contributed by atoms with Gasteiger partial charge in [0.05, 0.1) is 0 Å². The third-order valence-electron chi connectivity index (χ3n) is 3.52. The second-order valence-electron chi connectivity index (χ2n) is 4.95. The molecule has 0 unspecified atom stereocenters. The van der Waals surface area contributed by atoms with E-state index in [1.807, 2.05) is 30.3 Å². The molecule has 0 saturated carbocycles. The predicted molar refractivity (Wildman–Crippen MR) is 80.1 cm³/mol. The number of fused-ring (bicyclic) bond motifs is 2. The van der Waals surface area contributed by atoms with Crippen LogP contribution in [0.3, 0.4) is 0 Å². The van der Waals surface area contributed by atoms with E-state index in [1.54, 1.807) is 6.07 Å². The summed E-state index contributed by atoms with van der Waals surface area (Å²) in [6.45, 7) is 0. The fourth-order valence-corrected chi connectivity index (χ4v) is 2.50. The number of aromatic hydroxyl groups is 2. The number of furan rings is 1.